The Hall–Kier alpha value is -4.13. The van der Waals surface area contributed by atoms with Crippen LogP contribution in [0.25, 0.3) is 10.9 Å². The van der Waals surface area contributed by atoms with Crippen LogP contribution in [0.3, 0.4) is 0 Å². The molecule has 0 fully saturated rings. The van der Waals surface area contributed by atoms with Gasteiger partial charge in [0.15, 0.2) is 0 Å². The van der Waals surface area contributed by atoms with Crippen LogP contribution in [-0.2, 0) is 0 Å². The lowest BCUT2D eigenvalue weighted by molar-refractivity contribution is 0.262. The molecule has 0 aliphatic rings. The quantitative estimate of drug-likeness (QED) is 0.449. The molecule has 1 aromatic heterocycles. The van der Waals surface area contributed by atoms with Crippen molar-refractivity contribution in [3.8, 4) is 5.75 Å². The van der Waals surface area contributed by atoms with Gasteiger partial charge in [-0.2, -0.15) is 0 Å². The standard InChI is InChI=1S/C22H19N5O2/c1-29-18-11-12-19-20(13-18)23-14-24-21(19)25-16-7-9-17(10-8-16)27-22(28)26-15-5-3-2-4-6-15/h2-14H,1H3,(H,23,24,25)(H2,26,27,28). The van der Waals surface area contributed by atoms with Crippen molar-refractivity contribution in [1.82, 2.24) is 9.97 Å². The summed E-state index contributed by atoms with van der Waals surface area (Å²) < 4.78 is 5.24. The molecular formula is C22H19N5O2. The van der Waals surface area contributed by atoms with E-state index in [-0.39, 0.29) is 6.03 Å². The zero-order valence-corrected chi connectivity index (χ0v) is 15.7. The molecule has 0 atom stereocenters. The summed E-state index contributed by atoms with van der Waals surface area (Å²) in [5.74, 6) is 1.44. The molecule has 1 heterocycles. The molecule has 3 aromatic carbocycles. The highest BCUT2D eigenvalue weighted by atomic mass is 16.5. The summed E-state index contributed by atoms with van der Waals surface area (Å²) in [5, 5.41) is 9.76. The van der Waals surface area contributed by atoms with Crippen LogP contribution in [0, 0.1) is 0 Å². The molecule has 29 heavy (non-hydrogen) atoms. The first kappa shape index (κ1) is 18.2. The average Bonchev–Trinajstić information content (AvgIpc) is 2.75. The monoisotopic (exact) mass is 385 g/mol. The Labute approximate surface area is 167 Å². The molecule has 0 radical (unpaired) electrons. The molecular weight excluding hydrogens is 366 g/mol. The third-order valence-electron chi connectivity index (χ3n) is 4.28. The van der Waals surface area contributed by atoms with Crippen LogP contribution in [0.4, 0.5) is 27.7 Å². The van der Waals surface area contributed by atoms with Crippen LogP contribution < -0.4 is 20.7 Å². The number of nitrogens with zero attached hydrogens (tertiary/aromatic N) is 2. The number of ether oxygens (including phenoxy) is 1. The molecule has 3 N–H and O–H groups in total. The van der Waals surface area contributed by atoms with Gasteiger partial charge in [0.05, 0.1) is 12.6 Å². The van der Waals surface area contributed by atoms with Crippen molar-refractivity contribution in [1.29, 1.82) is 0 Å². The third kappa shape index (κ3) is 4.41. The maximum absolute atomic E-state index is 12.1. The van der Waals surface area contributed by atoms with Gasteiger partial charge in [-0.25, -0.2) is 14.8 Å². The van der Waals surface area contributed by atoms with Crippen molar-refractivity contribution >= 4 is 39.8 Å². The number of hydrogen-bond acceptors (Lipinski definition) is 5. The van der Waals surface area contributed by atoms with Crippen molar-refractivity contribution in [3.05, 3.63) is 79.1 Å². The van der Waals surface area contributed by atoms with E-state index in [1.807, 2.05) is 72.8 Å². The Morgan fingerprint density at radius 1 is 0.828 bits per heavy atom. The van der Waals surface area contributed by atoms with Crippen molar-refractivity contribution < 1.29 is 9.53 Å². The van der Waals surface area contributed by atoms with Gasteiger partial charge in [0.2, 0.25) is 0 Å². The first-order chi connectivity index (χ1) is 14.2. The van der Waals surface area contributed by atoms with E-state index in [1.165, 1.54) is 6.33 Å². The highest BCUT2D eigenvalue weighted by Crippen LogP contribution is 2.26. The van der Waals surface area contributed by atoms with E-state index in [0.29, 0.717) is 11.5 Å². The third-order valence-corrected chi connectivity index (χ3v) is 4.28. The highest BCUT2D eigenvalue weighted by molar-refractivity contribution is 5.99. The van der Waals surface area contributed by atoms with E-state index in [4.69, 9.17) is 4.74 Å². The Morgan fingerprint density at radius 3 is 2.24 bits per heavy atom. The lowest BCUT2D eigenvalue weighted by Gasteiger charge is -2.11. The van der Waals surface area contributed by atoms with Crippen molar-refractivity contribution in [2.24, 2.45) is 0 Å². The van der Waals surface area contributed by atoms with Crippen molar-refractivity contribution in [2.75, 3.05) is 23.1 Å². The lowest BCUT2D eigenvalue weighted by Crippen LogP contribution is -2.19. The fourth-order valence-electron chi connectivity index (χ4n) is 2.85. The number of anilines is 4. The first-order valence-electron chi connectivity index (χ1n) is 9.00. The molecule has 0 saturated carbocycles. The summed E-state index contributed by atoms with van der Waals surface area (Å²) in [6.07, 6.45) is 1.51. The van der Waals surface area contributed by atoms with Crippen LogP contribution in [0.5, 0.6) is 5.75 Å². The number of benzene rings is 3. The number of rotatable bonds is 5. The number of hydrogen-bond donors (Lipinski definition) is 3. The Morgan fingerprint density at radius 2 is 1.52 bits per heavy atom. The second-order valence-corrected chi connectivity index (χ2v) is 6.25. The molecule has 0 bridgehead atoms. The number of nitrogens with one attached hydrogen (secondary N) is 3. The molecule has 0 saturated heterocycles. The highest BCUT2D eigenvalue weighted by Gasteiger charge is 2.06. The second-order valence-electron chi connectivity index (χ2n) is 6.25. The van der Waals surface area contributed by atoms with Crippen LogP contribution >= 0.6 is 0 Å². The zero-order valence-electron chi connectivity index (χ0n) is 15.7. The minimum Gasteiger partial charge on any atom is -0.497 e. The van der Waals surface area contributed by atoms with Gasteiger partial charge in [-0.1, -0.05) is 18.2 Å². The first-order valence-corrected chi connectivity index (χ1v) is 9.00. The average molecular weight is 385 g/mol. The lowest BCUT2D eigenvalue weighted by atomic mass is 10.2. The van der Waals surface area contributed by atoms with E-state index in [1.54, 1.807) is 7.11 Å². The van der Waals surface area contributed by atoms with Gasteiger partial charge in [0.25, 0.3) is 0 Å². The number of carbonyl (C=O) groups is 1. The fraction of sp³-hybridized carbons (Fsp3) is 0.0455. The van der Waals surface area contributed by atoms with Crippen LogP contribution in [-0.4, -0.2) is 23.1 Å². The van der Waals surface area contributed by atoms with E-state index < -0.39 is 0 Å². The maximum Gasteiger partial charge on any atom is 0.323 e. The van der Waals surface area contributed by atoms with Crippen LogP contribution in [0.1, 0.15) is 0 Å². The van der Waals surface area contributed by atoms with E-state index >= 15 is 0 Å². The van der Waals surface area contributed by atoms with Gasteiger partial charge in [-0.3, -0.25) is 0 Å². The maximum atomic E-state index is 12.1. The smallest absolute Gasteiger partial charge is 0.323 e. The summed E-state index contributed by atoms with van der Waals surface area (Å²) >= 11 is 0. The summed E-state index contributed by atoms with van der Waals surface area (Å²) in [6.45, 7) is 0. The van der Waals surface area contributed by atoms with Crippen molar-refractivity contribution in [3.63, 3.8) is 0 Å². The number of aromatic nitrogens is 2. The number of para-hydroxylation sites is 1. The number of fused-ring (bicyclic) bond motifs is 1. The zero-order chi connectivity index (χ0) is 20.1. The molecule has 7 heteroatoms. The van der Waals surface area contributed by atoms with Crippen molar-refractivity contribution in [2.45, 2.75) is 0 Å². The largest absolute Gasteiger partial charge is 0.497 e. The second kappa shape index (κ2) is 8.26. The molecule has 0 unspecified atom stereocenters. The van der Waals surface area contributed by atoms with Gasteiger partial charge < -0.3 is 20.7 Å². The normalized spacial score (nSPS) is 10.4. The summed E-state index contributed by atoms with van der Waals surface area (Å²) in [6, 6.07) is 22.0. The number of methoxy groups -OCH3 is 1. The number of carbonyl (C=O) groups excluding carboxylic acids is 1. The van der Waals surface area contributed by atoms with E-state index in [9.17, 15) is 4.79 Å². The Kier molecular flexibility index (Phi) is 5.20. The molecule has 4 aromatic rings. The summed E-state index contributed by atoms with van der Waals surface area (Å²) in [4.78, 5) is 20.7. The van der Waals surface area contributed by atoms with E-state index in [2.05, 4.69) is 25.9 Å². The van der Waals surface area contributed by atoms with Gasteiger partial charge in [0.1, 0.15) is 17.9 Å². The summed E-state index contributed by atoms with van der Waals surface area (Å²) in [7, 11) is 1.62. The van der Waals surface area contributed by atoms with E-state index in [0.717, 1.165) is 28.0 Å². The molecule has 4 rings (SSSR count). The predicted octanol–water partition coefficient (Wildman–Crippen LogP) is 5.03. The minimum absolute atomic E-state index is 0.298. The van der Waals surface area contributed by atoms with Gasteiger partial charge in [-0.15, -0.1) is 0 Å². The fourth-order valence-corrected chi connectivity index (χ4v) is 2.85. The number of urea groups is 1. The van der Waals surface area contributed by atoms with Gasteiger partial charge >= 0.3 is 6.03 Å². The Balaban J connectivity index is 1.44. The van der Waals surface area contributed by atoms with Gasteiger partial charge in [-0.05, 0) is 48.5 Å². The topological polar surface area (TPSA) is 88.2 Å². The molecule has 0 aliphatic heterocycles. The molecule has 7 nitrogen and oxygen atoms in total. The van der Waals surface area contributed by atoms with Crippen LogP contribution in [0.2, 0.25) is 0 Å². The SMILES string of the molecule is COc1ccc2c(Nc3ccc(NC(=O)Nc4ccccc4)cc3)ncnc2c1. The van der Waals surface area contributed by atoms with Crippen LogP contribution in [0.15, 0.2) is 79.1 Å². The Bertz CT molecular complexity index is 1130. The molecule has 0 spiro atoms. The summed E-state index contributed by atoms with van der Waals surface area (Å²) in [5.41, 5.74) is 3.05. The minimum atomic E-state index is -0.298. The predicted molar refractivity (Wildman–Crippen MR) is 115 cm³/mol. The number of amides is 2. The molecule has 144 valence electrons. The molecule has 2 amide bonds. The molecule has 0 aliphatic carbocycles. The van der Waals surface area contributed by atoms with Gasteiger partial charge in [0, 0.05) is 28.5 Å².